The van der Waals surface area contributed by atoms with Crippen LogP contribution in [0.5, 0.6) is 0 Å². The minimum absolute atomic E-state index is 0.670. The molecule has 112 valence electrons. The van der Waals surface area contributed by atoms with Crippen LogP contribution in [0.15, 0.2) is 28.7 Å². The predicted octanol–water partition coefficient (Wildman–Crippen LogP) is 2.93. The van der Waals surface area contributed by atoms with E-state index >= 15 is 0 Å². The number of para-hydroxylation sites is 2. The van der Waals surface area contributed by atoms with Crippen LogP contribution in [-0.4, -0.2) is 34.6 Å². The van der Waals surface area contributed by atoms with Crippen molar-refractivity contribution in [2.24, 2.45) is 0 Å². The third kappa shape index (κ3) is 2.58. The Hall–Kier alpha value is -1.39. The zero-order valence-corrected chi connectivity index (χ0v) is 12.6. The maximum Gasteiger partial charge on any atom is 0.209 e. The lowest BCUT2D eigenvalue weighted by atomic mass is 9.98. The minimum Gasteiger partial charge on any atom is -0.439 e. The van der Waals surface area contributed by atoms with E-state index in [0.29, 0.717) is 6.04 Å². The fourth-order valence-electron chi connectivity index (χ4n) is 3.99. The third-order valence-corrected chi connectivity index (χ3v) is 5.05. The van der Waals surface area contributed by atoms with Crippen molar-refractivity contribution in [3.05, 3.63) is 30.2 Å². The van der Waals surface area contributed by atoms with Crippen molar-refractivity contribution < 1.29 is 4.42 Å². The van der Waals surface area contributed by atoms with Gasteiger partial charge in [-0.3, -0.25) is 4.90 Å². The molecule has 0 saturated carbocycles. The number of aromatic nitrogens is 1. The summed E-state index contributed by atoms with van der Waals surface area (Å²) in [6.07, 6.45) is 5.23. The van der Waals surface area contributed by atoms with E-state index in [1.165, 1.54) is 25.7 Å². The Morgan fingerprint density at radius 3 is 2.71 bits per heavy atom. The van der Waals surface area contributed by atoms with Crippen LogP contribution in [0.25, 0.3) is 11.1 Å². The second-order valence-electron chi connectivity index (χ2n) is 6.40. The van der Waals surface area contributed by atoms with Crippen molar-refractivity contribution in [3.63, 3.8) is 0 Å². The van der Waals surface area contributed by atoms with Crippen LogP contribution in [0, 0.1) is 0 Å². The Kier molecular flexibility index (Phi) is 3.43. The van der Waals surface area contributed by atoms with E-state index in [1.807, 2.05) is 24.3 Å². The molecule has 1 aromatic carbocycles. The van der Waals surface area contributed by atoms with Crippen LogP contribution < -0.4 is 5.32 Å². The zero-order chi connectivity index (χ0) is 14.2. The fraction of sp³-hybridized carbons (Fsp3) is 0.588. The Morgan fingerprint density at radius 1 is 1.24 bits per heavy atom. The summed E-state index contributed by atoms with van der Waals surface area (Å²) in [5.74, 6) is 0.851. The highest BCUT2D eigenvalue weighted by Crippen LogP contribution is 2.30. The summed E-state index contributed by atoms with van der Waals surface area (Å²) in [5.41, 5.74) is 1.86. The van der Waals surface area contributed by atoms with Crippen LogP contribution in [0.1, 0.15) is 38.5 Å². The summed E-state index contributed by atoms with van der Waals surface area (Å²) in [7, 11) is 0. The van der Waals surface area contributed by atoms with E-state index in [4.69, 9.17) is 4.42 Å². The average Bonchev–Trinajstić information content (AvgIpc) is 3.07. The van der Waals surface area contributed by atoms with Crippen molar-refractivity contribution in [1.29, 1.82) is 0 Å². The summed E-state index contributed by atoms with van der Waals surface area (Å²) in [6.45, 7) is 4.13. The molecule has 1 aromatic heterocycles. The first kappa shape index (κ1) is 13.3. The summed E-state index contributed by atoms with van der Waals surface area (Å²) >= 11 is 0. The lowest BCUT2D eigenvalue weighted by Gasteiger charge is -2.36. The monoisotopic (exact) mass is 285 g/mol. The SMILES string of the molecule is CCN(Cc1nc2ccccc2o1)C1CC2CCC(C1)N2. The summed E-state index contributed by atoms with van der Waals surface area (Å²) in [5, 5.41) is 3.72. The van der Waals surface area contributed by atoms with Gasteiger partial charge in [-0.15, -0.1) is 0 Å². The van der Waals surface area contributed by atoms with E-state index in [-0.39, 0.29) is 0 Å². The first-order chi connectivity index (χ1) is 10.3. The van der Waals surface area contributed by atoms with Gasteiger partial charge in [0.25, 0.3) is 0 Å². The zero-order valence-electron chi connectivity index (χ0n) is 12.6. The molecule has 0 radical (unpaired) electrons. The number of nitrogens with one attached hydrogen (secondary N) is 1. The van der Waals surface area contributed by atoms with Gasteiger partial charge < -0.3 is 9.73 Å². The molecule has 4 heteroatoms. The van der Waals surface area contributed by atoms with E-state index < -0.39 is 0 Å². The lowest BCUT2D eigenvalue weighted by Crippen LogP contribution is -2.47. The largest absolute Gasteiger partial charge is 0.439 e. The molecule has 1 N–H and O–H groups in total. The molecular formula is C17H23N3O. The van der Waals surface area contributed by atoms with E-state index in [0.717, 1.165) is 42.2 Å². The van der Waals surface area contributed by atoms with Crippen LogP contribution in [0.2, 0.25) is 0 Å². The molecule has 2 fully saturated rings. The van der Waals surface area contributed by atoms with Gasteiger partial charge in [-0.2, -0.15) is 0 Å². The summed E-state index contributed by atoms with van der Waals surface area (Å²) in [6, 6.07) is 10.1. The van der Waals surface area contributed by atoms with Crippen LogP contribution in [0.3, 0.4) is 0 Å². The number of benzene rings is 1. The second kappa shape index (κ2) is 5.43. The Morgan fingerprint density at radius 2 is 2.00 bits per heavy atom. The van der Waals surface area contributed by atoms with Crippen LogP contribution >= 0.6 is 0 Å². The number of hydrogen-bond donors (Lipinski definition) is 1. The maximum absolute atomic E-state index is 5.89. The van der Waals surface area contributed by atoms with Crippen molar-refractivity contribution in [3.8, 4) is 0 Å². The topological polar surface area (TPSA) is 41.3 Å². The Bertz CT molecular complexity index is 578. The highest BCUT2D eigenvalue weighted by molar-refractivity contribution is 5.72. The van der Waals surface area contributed by atoms with Gasteiger partial charge in [0.05, 0.1) is 6.54 Å². The quantitative estimate of drug-likeness (QED) is 0.938. The third-order valence-electron chi connectivity index (χ3n) is 5.05. The molecule has 0 amide bonds. The first-order valence-corrected chi connectivity index (χ1v) is 8.16. The predicted molar refractivity (Wildman–Crippen MR) is 83.1 cm³/mol. The van der Waals surface area contributed by atoms with Crippen LogP contribution in [-0.2, 0) is 6.54 Å². The van der Waals surface area contributed by atoms with E-state index in [1.54, 1.807) is 0 Å². The number of fused-ring (bicyclic) bond motifs is 3. The molecule has 2 unspecified atom stereocenters. The van der Waals surface area contributed by atoms with E-state index in [9.17, 15) is 0 Å². The van der Waals surface area contributed by atoms with Crippen LogP contribution in [0.4, 0.5) is 0 Å². The van der Waals surface area contributed by atoms with Crippen molar-refractivity contribution in [2.75, 3.05) is 6.54 Å². The molecule has 0 aliphatic carbocycles. The van der Waals surface area contributed by atoms with Gasteiger partial charge in [-0.05, 0) is 44.4 Å². The molecule has 3 heterocycles. The standard InChI is InChI=1S/C17H23N3O/c1-2-20(14-9-12-7-8-13(10-14)18-12)11-17-19-15-5-3-4-6-16(15)21-17/h3-6,12-14,18H,2,7-11H2,1H3. The van der Waals surface area contributed by atoms with Gasteiger partial charge >= 0.3 is 0 Å². The molecule has 21 heavy (non-hydrogen) atoms. The number of nitrogens with zero attached hydrogens (tertiary/aromatic N) is 2. The van der Waals surface area contributed by atoms with Crippen molar-refractivity contribution in [1.82, 2.24) is 15.2 Å². The van der Waals surface area contributed by atoms with Gasteiger partial charge in [0.2, 0.25) is 5.89 Å². The first-order valence-electron chi connectivity index (χ1n) is 8.16. The minimum atomic E-state index is 0.670. The highest BCUT2D eigenvalue weighted by Gasteiger charge is 2.35. The molecule has 2 bridgehead atoms. The highest BCUT2D eigenvalue weighted by atomic mass is 16.3. The number of oxazole rings is 1. The Balaban J connectivity index is 1.50. The summed E-state index contributed by atoms with van der Waals surface area (Å²) in [4.78, 5) is 7.16. The van der Waals surface area contributed by atoms with Gasteiger partial charge in [0.15, 0.2) is 5.58 Å². The Labute approximate surface area is 125 Å². The van der Waals surface area contributed by atoms with Crippen molar-refractivity contribution >= 4 is 11.1 Å². The molecule has 2 saturated heterocycles. The molecule has 4 nitrogen and oxygen atoms in total. The number of piperidine rings is 1. The molecule has 2 aliphatic rings. The fourth-order valence-corrected chi connectivity index (χ4v) is 3.99. The second-order valence-corrected chi connectivity index (χ2v) is 6.40. The van der Waals surface area contributed by atoms with Gasteiger partial charge in [0, 0.05) is 18.1 Å². The molecule has 2 atom stereocenters. The maximum atomic E-state index is 5.89. The average molecular weight is 285 g/mol. The molecule has 0 spiro atoms. The van der Waals surface area contributed by atoms with Crippen molar-refractivity contribution in [2.45, 2.75) is 57.3 Å². The van der Waals surface area contributed by atoms with Gasteiger partial charge in [-0.25, -0.2) is 4.98 Å². The molecule has 2 aromatic rings. The molecule has 4 rings (SSSR count). The van der Waals surface area contributed by atoms with Gasteiger partial charge in [-0.1, -0.05) is 19.1 Å². The number of hydrogen-bond acceptors (Lipinski definition) is 4. The number of rotatable bonds is 4. The van der Waals surface area contributed by atoms with E-state index in [2.05, 4.69) is 22.1 Å². The molecule has 2 aliphatic heterocycles. The normalized spacial score (nSPS) is 28.6. The van der Waals surface area contributed by atoms with Gasteiger partial charge in [0.1, 0.15) is 5.52 Å². The smallest absolute Gasteiger partial charge is 0.209 e. The molecular weight excluding hydrogens is 262 g/mol. The lowest BCUT2D eigenvalue weighted by molar-refractivity contribution is 0.130. The summed E-state index contributed by atoms with van der Waals surface area (Å²) < 4.78 is 5.89.